The number of rotatable bonds is 10. The van der Waals surface area contributed by atoms with Gasteiger partial charge in [0.25, 0.3) is 5.91 Å². The molecule has 5 nitrogen and oxygen atoms in total. The number of hydrogen-bond donors (Lipinski definition) is 1. The summed E-state index contributed by atoms with van der Waals surface area (Å²) in [6.45, 7) is 0.476. The molecule has 0 saturated carbocycles. The SMILES string of the molecule is C#CCOc1ccc(CCNC(=O)C(OCC#C)c2ccc(F)cc2)cc1OC. The first-order valence-corrected chi connectivity index (χ1v) is 8.90. The van der Waals surface area contributed by atoms with E-state index in [1.807, 2.05) is 12.1 Å². The molecule has 29 heavy (non-hydrogen) atoms. The highest BCUT2D eigenvalue weighted by Crippen LogP contribution is 2.28. The molecule has 0 aliphatic carbocycles. The van der Waals surface area contributed by atoms with Gasteiger partial charge in [0.2, 0.25) is 0 Å². The van der Waals surface area contributed by atoms with Crippen molar-refractivity contribution < 1.29 is 23.4 Å². The highest BCUT2D eigenvalue weighted by atomic mass is 19.1. The summed E-state index contributed by atoms with van der Waals surface area (Å²) in [5, 5.41) is 2.81. The lowest BCUT2D eigenvalue weighted by Gasteiger charge is -2.17. The average molecular weight is 395 g/mol. The summed E-state index contributed by atoms with van der Waals surface area (Å²) in [4.78, 5) is 12.6. The molecule has 1 atom stereocenters. The first-order valence-electron chi connectivity index (χ1n) is 8.90. The fraction of sp³-hybridized carbons (Fsp3) is 0.261. The van der Waals surface area contributed by atoms with Gasteiger partial charge in [0.15, 0.2) is 17.6 Å². The lowest BCUT2D eigenvalue weighted by Crippen LogP contribution is -2.32. The van der Waals surface area contributed by atoms with Crippen LogP contribution in [-0.4, -0.2) is 32.8 Å². The molecule has 0 aromatic heterocycles. The van der Waals surface area contributed by atoms with E-state index in [0.29, 0.717) is 30.0 Å². The monoisotopic (exact) mass is 395 g/mol. The molecule has 2 aromatic carbocycles. The molecule has 0 bridgehead atoms. The summed E-state index contributed by atoms with van der Waals surface area (Å²) in [5.74, 6) is 5.10. The van der Waals surface area contributed by atoms with E-state index < -0.39 is 11.9 Å². The Morgan fingerprint density at radius 1 is 1.10 bits per heavy atom. The van der Waals surface area contributed by atoms with Gasteiger partial charge in [-0.05, 0) is 41.8 Å². The summed E-state index contributed by atoms with van der Waals surface area (Å²) in [6.07, 6.45) is 10.1. The van der Waals surface area contributed by atoms with Crippen LogP contribution < -0.4 is 14.8 Å². The normalized spacial score (nSPS) is 11.0. The molecule has 1 unspecified atom stereocenters. The molecule has 1 N–H and O–H groups in total. The van der Waals surface area contributed by atoms with Crippen LogP contribution in [0.1, 0.15) is 17.2 Å². The molecule has 150 valence electrons. The van der Waals surface area contributed by atoms with E-state index in [1.54, 1.807) is 13.2 Å². The van der Waals surface area contributed by atoms with E-state index in [2.05, 4.69) is 17.2 Å². The van der Waals surface area contributed by atoms with Crippen LogP contribution in [0.15, 0.2) is 42.5 Å². The quantitative estimate of drug-likeness (QED) is 0.629. The molecule has 2 aromatic rings. The Morgan fingerprint density at radius 3 is 2.48 bits per heavy atom. The summed E-state index contributed by atoms with van der Waals surface area (Å²) in [7, 11) is 1.54. The molecular formula is C23H22FNO4. The van der Waals surface area contributed by atoms with Crippen molar-refractivity contribution in [1.29, 1.82) is 0 Å². The molecule has 0 radical (unpaired) electrons. The number of hydrogen-bond acceptors (Lipinski definition) is 4. The molecule has 1 amide bonds. The Morgan fingerprint density at radius 2 is 1.83 bits per heavy atom. The average Bonchev–Trinajstić information content (AvgIpc) is 2.74. The van der Waals surface area contributed by atoms with E-state index in [4.69, 9.17) is 27.1 Å². The van der Waals surface area contributed by atoms with Crippen molar-refractivity contribution >= 4 is 5.91 Å². The molecule has 6 heteroatoms. The van der Waals surface area contributed by atoms with Crippen molar-refractivity contribution in [1.82, 2.24) is 5.32 Å². The number of benzene rings is 2. The van der Waals surface area contributed by atoms with Crippen molar-refractivity contribution in [2.45, 2.75) is 12.5 Å². The Bertz CT molecular complexity index is 897. The van der Waals surface area contributed by atoms with Gasteiger partial charge in [0.05, 0.1) is 7.11 Å². The summed E-state index contributed by atoms with van der Waals surface area (Å²) >= 11 is 0. The molecule has 0 aliphatic heterocycles. The van der Waals surface area contributed by atoms with Gasteiger partial charge in [0.1, 0.15) is 19.0 Å². The van der Waals surface area contributed by atoms with Gasteiger partial charge >= 0.3 is 0 Å². The van der Waals surface area contributed by atoms with Crippen LogP contribution in [0.3, 0.4) is 0 Å². The predicted molar refractivity (Wildman–Crippen MR) is 108 cm³/mol. The third-order valence-corrected chi connectivity index (χ3v) is 4.00. The smallest absolute Gasteiger partial charge is 0.253 e. The van der Waals surface area contributed by atoms with Crippen LogP contribution >= 0.6 is 0 Å². The number of nitrogens with one attached hydrogen (secondary N) is 1. The van der Waals surface area contributed by atoms with Crippen LogP contribution in [0.4, 0.5) is 4.39 Å². The number of amides is 1. The molecule has 0 heterocycles. The van der Waals surface area contributed by atoms with Gasteiger partial charge in [-0.15, -0.1) is 12.8 Å². The van der Waals surface area contributed by atoms with Crippen molar-refractivity contribution in [3.05, 3.63) is 59.4 Å². The van der Waals surface area contributed by atoms with Gasteiger partial charge in [-0.1, -0.05) is 30.0 Å². The maximum Gasteiger partial charge on any atom is 0.253 e. The van der Waals surface area contributed by atoms with Crippen LogP contribution in [0.25, 0.3) is 0 Å². The van der Waals surface area contributed by atoms with Crippen LogP contribution in [0.2, 0.25) is 0 Å². The summed E-state index contributed by atoms with van der Waals surface area (Å²) in [6, 6.07) is 11.0. The minimum atomic E-state index is -0.916. The van der Waals surface area contributed by atoms with E-state index in [-0.39, 0.29) is 19.1 Å². The molecular weight excluding hydrogens is 373 g/mol. The predicted octanol–water partition coefficient (Wildman–Crippen LogP) is 2.90. The van der Waals surface area contributed by atoms with Crippen molar-refractivity contribution in [2.24, 2.45) is 0 Å². The number of ether oxygens (including phenoxy) is 3. The number of carbonyl (C=O) groups excluding carboxylic acids is 1. The topological polar surface area (TPSA) is 56.8 Å². The maximum atomic E-state index is 13.1. The van der Waals surface area contributed by atoms with Gasteiger partial charge in [-0.3, -0.25) is 4.79 Å². The molecule has 0 aliphatic rings. The van der Waals surface area contributed by atoms with Gasteiger partial charge in [0, 0.05) is 6.54 Å². The minimum Gasteiger partial charge on any atom is -0.493 e. The third-order valence-electron chi connectivity index (χ3n) is 4.00. The lowest BCUT2D eigenvalue weighted by atomic mass is 10.1. The Balaban J connectivity index is 1.98. The standard InChI is InChI=1S/C23H22FNO4/c1-4-14-28-20-11-6-17(16-21(20)27-3)12-13-25-23(26)22(29-15-5-2)18-7-9-19(24)10-8-18/h1-2,6-11,16,22H,12-15H2,3H3,(H,25,26). The second kappa shape index (κ2) is 11.4. The van der Waals surface area contributed by atoms with Crippen molar-refractivity contribution in [2.75, 3.05) is 26.9 Å². The molecule has 0 spiro atoms. The fourth-order valence-electron chi connectivity index (χ4n) is 2.62. The number of terminal acetylenes is 2. The first kappa shape index (κ1) is 21.8. The molecule has 2 rings (SSSR count). The van der Waals surface area contributed by atoms with Crippen molar-refractivity contribution in [3.8, 4) is 36.2 Å². The van der Waals surface area contributed by atoms with E-state index >= 15 is 0 Å². The Labute approximate surface area is 170 Å². The van der Waals surface area contributed by atoms with Crippen LogP contribution in [0.5, 0.6) is 11.5 Å². The molecule has 0 saturated heterocycles. The number of carbonyl (C=O) groups is 1. The van der Waals surface area contributed by atoms with E-state index in [9.17, 15) is 9.18 Å². The molecule has 0 fully saturated rings. The first-order chi connectivity index (χ1) is 14.1. The van der Waals surface area contributed by atoms with Crippen molar-refractivity contribution in [3.63, 3.8) is 0 Å². The zero-order valence-corrected chi connectivity index (χ0v) is 16.1. The maximum absolute atomic E-state index is 13.1. The minimum absolute atomic E-state index is 0.0359. The summed E-state index contributed by atoms with van der Waals surface area (Å²) < 4.78 is 29.3. The van der Waals surface area contributed by atoms with Gasteiger partial charge in [-0.25, -0.2) is 4.39 Å². The fourth-order valence-corrected chi connectivity index (χ4v) is 2.62. The van der Waals surface area contributed by atoms with E-state index in [0.717, 1.165) is 5.56 Å². The second-order valence-corrected chi connectivity index (χ2v) is 5.97. The largest absolute Gasteiger partial charge is 0.493 e. The van der Waals surface area contributed by atoms with Gasteiger partial charge in [-0.2, -0.15) is 0 Å². The van der Waals surface area contributed by atoms with Crippen LogP contribution in [-0.2, 0) is 16.0 Å². The Hall–Kier alpha value is -3.48. The van der Waals surface area contributed by atoms with Gasteiger partial charge < -0.3 is 19.5 Å². The van der Waals surface area contributed by atoms with E-state index in [1.165, 1.54) is 24.3 Å². The zero-order valence-electron chi connectivity index (χ0n) is 16.1. The highest BCUT2D eigenvalue weighted by molar-refractivity contribution is 5.82. The summed E-state index contributed by atoms with van der Waals surface area (Å²) in [5.41, 5.74) is 1.47. The number of methoxy groups -OCH3 is 1. The second-order valence-electron chi connectivity index (χ2n) is 5.97. The Kier molecular flexibility index (Phi) is 8.56. The highest BCUT2D eigenvalue weighted by Gasteiger charge is 2.21. The lowest BCUT2D eigenvalue weighted by molar-refractivity contribution is -0.132. The van der Waals surface area contributed by atoms with Crippen LogP contribution in [0, 0.1) is 30.5 Å². The third kappa shape index (κ3) is 6.57. The number of halogens is 1. The zero-order chi connectivity index (χ0) is 21.1.